The first-order chi connectivity index (χ1) is 13.2. The number of likely N-dealkylation sites (tertiary alicyclic amines) is 1. The summed E-state index contributed by atoms with van der Waals surface area (Å²) in [5.41, 5.74) is 3.28. The summed E-state index contributed by atoms with van der Waals surface area (Å²) in [4.78, 5) is 9.63. The first-order valence-electron chi connectivity index (χ1n) is 10.5. The lowest BCUT2D eigenvalue weighted by atomic mass is 9.68. The Hall–Kier alpha value is -0.860. The molecule has 1 N–H and O–H groups in total. The van der Waals surface area contributed by atoms with Crippen molar-refractivity contribution in [3.8, 4) is 0 Å². The van der Waals surface area contributed by atoms with Crippen molar-refractivity contribution in [1.29, 1.82) is 0 Å². The van der Waals surface area contributed by atoms with Crippen LogP contribution in [-0.2, 0) is 4.74 Å². The third-order valence-corrected chi connectivity index (χ3v) is 6.77. The molecule has 4 rings (SSSR count). The maximum absolute atomic E-state index is 5.58. The van der Waals surface area contributed by atoms with Crippen LogP contribution in [0.2, 0.25) is 0 Å². The highest BCUT2D eigenvalue weighted by Crippen LogP contribution is 2.47. The van der Waals surface area contributed by atoms with E-state index in [1.54, 1.807) is 0 Å². The minimum atomic E-state index is 0. The van der Waals surface area contributed by atoms with E-state index in [-0.39, 0.29) is 24.0 Å². The predicted octanol–water partition coefficient (Wildman–Crippen LogP) is 3.44. The van der Waals surface area contributed by atoms with E-state index >= 15 is 0 Å². The van der Waals surface area contributed by atoms with Crippen LogP contribution in [0.5, 0.6) is 0 Å². The van der Waals surface area contributed by atoms with Gasteiger partial charge in [-0.1, -0.05) is 36.2 Å². The molecule has 1 atom stereocenters. The number of hydrogen-bond donors (Lipinski definition) is 1. The quantitative estimate of drug-likeness (QED) is 0.393. The zero-order valence-electron chi connectivity index (χ0n) is 17.3. The Morgan fingerprint density at radius 3 is 2.43 bits per heavy atom. The lowest BCUT2D eigenvalue weighted by Crippen LogP contribution is -2.47. The van der Waals surface area contributed by atoms with Gasteiger partial charge in [0.15, 0.2) is 5.96 Å². The summed E-state index contributed by atoms with van der Waals surface area (Å²) in [7, 11) is 1.92. The highest BCUT2D eigenvalue weighted by atomic mass is 127. The van der Waals surface area contributed by atoms with E-state index < -0.39 is 0 Å². The number of morpholine rings is 1. The molecule has 0 bridgehead atoms. The molecule has 1 aromatic carbocycles. The van der Waals surface area contributed by atoms with Crippen molar-refractivity contribution < 1.29 is 4.74 Å². The Labute approximate surface area is 186 Å². The normalized spacial score (nSPS) is 23.2. The summed E-state index contributed by atoms with van der Waals surface area (Å²) in [6.07, 6.45) is 5.55. The highest BCUT2D eigenvalue weighted by molar-refractivity contribution is 14.0. The van der Waals surface area contributed by atoms with Crippen LogP contribution in [0.25, 0.3) is 0 Å². The summed E-state index contributed by atoms with van der Waals surface area (Å²) < 4.78 is 5.58. The zero-order valence-corrected chi connectivity index (χ0v) is 19.7. The molecular formula is C22H35IN4O. The van der Waals surface area contributed by atoms with Crippen molar-refractivity contribution in [1.82, 2.24) is 15.1 Å². The summed E-state index contributed by atoms with van der Waals surface area (Å²) in [6, 6.07) is 9.35. The molecule has 5 nitrogen and oxygen atoms in total. The molecule has 1 aliphatic carbocycles. The highest BCUT2D eigenvalue weighted by Gasteiger charge is 2.43. The van der Waals surface area contributed by atoms with Gasteiger partial charge in [-0.2, -0.15) is 0 Å². The summed E-state index contributed by atoms with van der Waals surface area (Å²) >= 11 is 0. The van der Waals surface area contributed by atoms with E-state index in [2.05, 4.69) is 51.3 Å². The number of aliphatic imine (C=N–C) groups is 1. The van der Waals surface area contributed by atoms with Gasteiger partial charge < -0.3 is 15.0 Å². The van der Waals surface area contributed by atoms with Gasteiger partial charge in [0, 0.05) is 39.8 Å². The van der Waals surface area contributed by atoms with E-state index in [9.17, 15) is 0 Å². The fourth-order valence-corrected chi connectivity index (χ4v) is 4.86. The van der Waals surface area contributed by atoms with Crippen LogP contribution in [0, 0.1) is 12.3 Å². The fourth-order valence-electron chi connectivity index (χ4n) is 4.86. The second kappa shape index (κ2) is 9.76. The molecule has 3 fully saturated rings. The number of rotatable bonds is 4. The minimum absolute atomic E-state index is 0. The monoisotopic (exact) mass is 498 g/mol. The van der Waals surface area contributed by atoms with Crippen LogP contribution >= 0.6 is 24.0 Å². The van der Waals surface area contributed by atoms with Crippen LogP contribution in [-0.4, -0.2) is 68.7 Å². The lowest BCUT2D eigenvalue weighted by molar-refractivity contribution is 0.0169. The second-order valence-electron chi connectivity index (χ2n) is 8.53. The van der Waals surface area contributed by atoms with Crippen molar-refractivity contribution in [3.63, 3.8) is 0 Å². The average molecular weight is 498 g/mol. The fraction of sp³-hybridized carbons (Fsp3) is 0.682. The van der Waals surface area contributed by atoms with Crippen molar-refractivity contribution in [3.05, 3.63) is 35.4 Å². The van der Waals surface area contributed by atoms with Gasteiger partial charge >= 0.3 is 0 Å². The molecular weight excluding hydrogens is 463 g/mol. The molecule has 0 radical (unpaired) electrons. The Morgan fingerprint density at radius 2 is 1.86 bits per heavy atom. The topological polar surface area (TPSA) is 40.1 Å². The first-order valence-corrected chi connectivity index (χ1v) is 10.5. The van der Waals surface area contributed by atoms with Gasteiger partial charge in [-0.3, -0.25) is 9.89 Å². The maximum atomic E-state index is 5.58. The SMILES string of the molecule is CN=C(NCC(c1ccc(C)cc1)N1CCOCC1)N1CCC2(CCC2)C1.I. The summed E-state index contributed by atoms with van der Waals surface area (Å²) in [5, 5.41) is 3.70. The molecule has 156 valence electrons. The molecule has 1 unspecified atom stereocenters. The third kappa shape index (κ3) is 4.82. The smallest absolute Gasteiger partial charge is 0.193 e. The number of nitrogens with zero attached hydrogens (tertiary/aromatic N) is 3. The van der Waals surface area contributed by atoms with Crippen molar-refractivity contribution in [2.45, 2.75) is 38.6 Å². The number of benzene rings is 1. The van der Waals surface area contributed by atoms with Gasteiger partial charge in [-0.05, 0) is 37.2 Å². The number of hydrogen-bond acceptors (Lipinski definition) is 3. The van der Waals surface area contributed by atoms with E-state index in [0.29, 0.717) is 11.5 Å². The van der Waals surface area contributed by atoms with Crippen molar-refractivity contribution >= 4 is 29.9 Å². The van der Waals surface area contributed by atoms with E-state index in [1.165, 1.54) is 43.4 Å². The molecule has 1 aromatic rings. The average Bonchev–Trinajstić information content (AvgIpc) is 3.13. The van der Waals surface area contributed by atoms with E-state index in [0.717, 1.165) is 45.4 Å². The largest absolute Gasteiger partial charge is 0.379 e. The number of guanidine groups is 1. The number of aryl methyl sites for hydroxylation is 1. The van der Waals surface area contributed by atoms with Gasteiger partial charge in [0.2, 0.25) is 0 Å². The first kappa shape index (κ1) is 21.8. The van der Waals surface area contributed by atoms with Crippen molar-refractivity contribution in [2.75, 3.05) is 53.0 Å². The summed E-state index contributed by atoms with van der Waals surface area (Å²) in [6.45, 7) is 9.00. The molecule has 0 amide bonds. The third-order valence-electron chi connectivity index (χ3n) is 6.77. The molecule has 6 heteroatoms. The van der Waals surface area contributed by atoms with Gasteiger partial charge in [-0.25, -0.2) is 0 Å². The minimum Gasteiger partial charge on any atom is -0.379 e. The summed E-state index contributed by atoms with van der Waals surface area (Å²) in [5.74, 6) is 1.07. The van der Waals surface area contributed by atoms with E-state index in [4.69, 9.17) is 4.74 Å². The molecule has 1 saturated carbocycles. The van der Waals surface area contributed by atoms with Crippen LogP contribution < -0.4 is 5.32 Å². The number of ether oxygens (including phenoxy) is 1. The predicted molar refractivity (Wildman–Crippen MR) is 126 cm³/mol. The Morgan fingerprint density at radius 1 is 1.14 bits per heavy atom. The maximum Gasteiger partial charge on any atom is 0.193 e. The van der Waals surface area contributed by atoms with Crippen LogP contribution in [0.3, 0.4) is 0 Å². The molecule has 1 spiro atoms. The Bertz CT molecular complexity index is 653. The van der Waals surface area contributed by atoms with Gasteiger partial charge in [0.1, 0.15) is 0 Å². The standard InChI is InChI=1S/C22H34N4O.HI/c1-18-4-6-19(7-5-18)20(25-12-14-27-15-13-25)16-24-21(23-2)26-11-10-22(17-26)8-3-9-22;/h4-7,20H,3,8-17H2,1-2H3,(H,23,24);1H. The van der Waals surface area contributed by atoms with E-state index in [1.807, 2.05) is 7.05 Å². The molecule has 0 aromatic heterocycles. The molecule has 28 heavy (non-hydrogen) atoms. The molecule has 2 heterocycles. The second-order valence-corrected chi connectivity index (χ2v) is 8.53. The Kier molecular flexibility index (Phi) is 7.61. The molecule has 2 saturated heterocycles. The van der Waals surface area contributed by atoms with Crippen LogP contribution in [0.1, 0.15) is 42.9 Å². The lowest BCUT2D eigenvalue weighted by Gasteiger charge is -2.38. The number of halogens is 1. The van der Waals surface area contributed by atoms with Gasteiger partial charge in [0.25, 0.3) is 0 Å². The molecule has 3 aliphatic rings. The van der Waals surface area contributed by atoms with Crippen molar-refractivity contribution in [2.24, 2.45) is 10.4 Å². The Balaban J connectivity index is 0.00000225. The number of nitrogens with one attached hydrogen (secondary N) is 1. The van der Waals surface area contributed by atoms with Gasteiger partial charge in [0.05, 0.1) is 19.3 Å². The van der Waals surface area contributed by atoms with Crippen LogP contribution in [0.15, 0.2) is 29.3 Å². The molecule has 2 aliphatic heterocycles. The van der Waals surface area contributed by atoms with Crippen LogP contribution in [0.4, 0.5) is 0 Å². The zero-order chi connectivity index (χ0) is 18.7. The van der Waals surface area contributed by atoms with Gasteiger partial charge in [-0.15, -0.1) is 24.0 Å².